The fourth-order valence-electron chi connectivity index (χ4n) is 3.27. The topological polar surface area (TPSA) is 77.0 Å². The van der Waals surface area contributed by atoms with E-state index in [4.69, 9.17) is 0 Å². The van der Waals surface area contributed by atoms with Crippen LogP contribution >= 0.6 is 35.7 Å². The third-order valence-corrected chi connectivity index (χ3v) is 7.87. The van der Waals surface area contributed by atoms with Gasteiger partial charge in [-0.15, -0.1) is 24.0 Å². The van der Waals surface area contributed by atoms with Crippen molar-refractivity contribution in [2.24, 2.45) is 10.9 Å². The molecule has 0 radical (unpaired) electrons. The summed E-state index contributed by atoms with van der Waals surface area (Å²) in [6, 6.07) is 0. The predicted octanol–water partition coefficient (Wildman–Crippen LogP) is 1.27. The summed E-state index contributed by atoms with van der Waals surface area (Å²) in [6.45, 7) is 8.36. The van der Waals surface area contributed by atoms with Crippen LogP contribution in [0.2, 0.25) is 0 Å². The quantitative estimate of drug-likeness (QED) is 0.212. The number of guanidine groups is 1. The van der Waals surface area contributed by atoms with Gasteiger partial charge < -0.3 is 15.5 Å². The molecule has 2 saturated heterocycles. The van der Waals surface area contributed by atoms with Crippen LogP contribution in [0, 0.1) is 5.92 Å². The zero-order valence-electron chi connectivity index (χ0n) is 16.7. The minimum atomic E-state index is -3.16. The molecule has 7 nitrogen and oxygen atoms in total. The highest BCUT2D eigenvalue weighted by Gasteiger charge is 2.23. The fraction of sp³-hybridized carbons (Fsp3) is 0.941. The summed E-state index contributed by atoms with van der Waals surface area (Å²) in [6.07, 6.45) is 3.68. The molecule has 0 atom stereocenters. The van der Waals surface area contributed by atoms with Crippen LogP contribution < -0.4 is 10.6 Å². The number of piperidine rings is 1. The van der Waals surface area contributed by atoms with E-state index in [9.17, 15) is 8.42 Å². The molecule has 0 aromatic heterocycles. The van der Waals surface area contributed by atoms with Gasteiger partial charge in [0.05, 0.1) is 5.75 Å². The first-order valence-corrected chi connectivity index (χ1v) is 12.5. The first-order valence-electron chi connectivity index (χ1n) is 9.73. The number of rotatable bonds is 8. The number of halogens is 1. The molecule has 0 amide bonds. The SMILES string of the molecule is CN=C(NCCCN1CCC(C)CC1)NCCS(=O)(=O)N1CCSCC1.I. The highest BCUT2D eigenvalue weighted by Crippen LogP contribution is 2.15. The Kier molecular flexibility index (Phi) is 12.6. The summed E-state index contributed by atoms with van der Waals surface area (Å²) in [5.74, 6) is 3.45. The van der Waals surface area contributed by atoms with Gasteiger partial charge in [-0.25, -0.2) is 12.7 Å². The Hall–Kier alpha value is 0.220. The Balaban J connectivity index is 0.00000364. The summed E-state index contributed by atoms with van der Waals surface area (Å²) in [7, 11) is -1.44. The molecule has 2 heterocycles. The van der Waals surface area contributed by atoms with E-state index < -0.39 is 10.0 Å². The highest BCUT2D eigenvalue weighted by atomic mass is 127. The van der Waals surface area contributed by atoms with Gasteiger partial charge in [-0.1, -0.05) is 6.92 Å². The van der Waals surface area contributed by atoms with Crippen LogP contribution in [0.25, 0.3) is 0 Å². The van der Waals surface area contributed by atoms with Gasteiger partial charge in [0.15, 0.2) is 5.96 Å². The maximum atomic E-state index is 12.3. The molecule has 27 heavy (non-hydrogen) atoms. The molecule has 2 aliphatic heterocycles. The number of likely N-dealkylation sites (tertiary alicyclic amines) is 1. The molecule has 0 unspecified atom stereocenters. The molecule has 0 aliphatic carbocycles. The predicted molar refractivity (Wildman–Crippen MR) is 127 cm³/mol. The molecule has 0 saturated carbocycles. The largest absolute Gasteiger partial charge is 0.356 e. The minimum Gasteiger partial charge on any atom is -0.356 e. The van der Waals surface area contributed by atoms with Crippen LogP contribution in [0.15, 0.2) is 4.99 Å². The van der Waals surface area contributed by atoms with Crippen LogP contribution in [0.5, 0.6) is 0 Å². The van der Waals surface area contributed by atoms with E-state index in [0.29, 0.717) is 25.6 Å². The van der Waals surface area contributed by atoms with Crippen LogP contribution in [-0.4, -0.2) is 93.7 Å². The molecule has 0 aromatic rings. The van der Waals surface area contributed by atoms with Crippen molar-refractivity contribution in [1.82, 2.24) is 19.8 Å². The highest BCUT2D eigenvalue weighted by molar-refractivity contribution is 14.0. The first-order chi connectivity index (χ1) is 12.5. The van der Waals surface area contributed by atoms with Gasteiger partial charge in [0.2, 0.25) is 10.0 Å². The maximum absolute atomic E-state index is 12.3. The van der Waals surface area contributed by atoms with Crippen molar-refractivity contribution >= 4 is 51.7 Å². The Bertz CT molecular complexity index is 533. The number of nitrogens with one attached hydrogen (secondary N) is 2. The third-order valence-electron chi connectivity index (χ3n) is 5.06. The monoisotopic (exact) mass is 533 g/mol. The molecule has 0 bridgehead atoms. The molecular formula is C17H36IN5O2S2. The minimum absolute atomic E-state index is 0. The Labute approximate surface area is 186 Å². The Morgan fingerprint density at radius 3 is 2.37 bits per heavy atom. The van der Waals surface area contributed by atoms with Crippen molar-refractivity contribution in [3.8, 4) is 0 Å². The van der Waals surface area contributed by atoms with E-state index in [-0.39, 0.29) is 29.7 Å². The summed E-state index contributed by atoms with van der Waals surface area (Å²) in [5.41, 5.74) is 0. The average Bonchev–Trinajstić information content (AvgIpc) is 2.65. The van der Waals surface area contributed by atoms with E-state index in [1.807, 2.05) is 11.8 Å². The maximum Gasteiger partial charge on any atom is 0.215 e. The van der Waals surface area contributed by atoms with Crippen LogP contribution in [0.3, 0.4) is 0 Å². The molecule has 2 N–H and O–H groups in total. The lowest BCUT2D eigenvalue weighted by molar-refractivity contribution is 0.191. The van der Waals surface area contributed by atoms with Gasteiger partial charge in [-0.2, -0.15) is 11.8 Å². The Morgan fingerprint density at radius 1 is 1.11 bits per heavy atom. The van der Waals surface area contributed by atoms with Gasteiger partial charge in [0.25, 0.3) is 0 Å². The molecule has 10 heteroatoms. The molecular weight excluding hydrogens is 497 g/mol. The van der Waals surface area contributed by atoms with E-state index in [2.05, 4.69) is 27.4 Å². The van der Waals surface area contributed by atoms with Crippen LogP contribution in [-0.2, 0) is 10.0 Å². The van der Waals surface area contributed by atoms with Crippen molar-refractivity contribution in [3.05, 3.63) is 0 Å². The number of hydrogen-bond donors (Lipinski definition) is 2. The standard InChI is InChI=1S/C17H35N5O2S2.HI/c1-16-4-9-21(10-5-16)8-3-6-19-17(18-2)20-7-15-26(23,24)22-11-13-25-14-12-22;/h16H,3-15H2,1-2H3,(H2,18,19,20);1H. The van der Waals surface area contributed by atoms with Crippen LogP contribution in [0.1, 0.15) is 26.2 Å². The van der Waals surface area contributed by atoms with E-state index in [1.54, 1.807) is 11.4 Å². The molecule has 160 valence electrons. The number of nitrogens with zero attached hydrogens (tertiary/aromatic N) is 3. The van der Waals surface area contributed by atoms with Gasteiger partial charge in [-0.3, -0.25) is 4.99 Å². The summed E-state index contributed by atoms with van der Waals surface area (Å²) in [5, 5.41) is 6.41. The molecule has 0 spiro atoms. The van der Waals surface area contributed by atoms with E-state index in [1.165, 1.54) is 25.9 Å². The lowest BCUT2D eigenvalue weighted by atomic mass is 9.99. The lowest BCUT2D eigenvalue weighted by Gasteiger charge is -2.30. The average molecular weight is 534 g/mol. The van der Waals surface area contributed by atoms with Crippen molar-refractivity contribution in [2.45, 2.75) is 26.2 Å². The number of aliphatic imine (C=N–C) groups is 1. The van der Waals surface area contributed by atoms with Crippen molar-refractivity contribution in [1.29, 1.82) is 0 Å². The number of hydrogen-bond acceptors (Lipinski definition) is 5. The first kappa shape index (κ1) is 25.3. The van der Waals surface area contributed by atoms with Crippen LogP contribution in [0.4, 0.5) is 0 Å². The van der Waals surface area contributed by atoms with Crippen molar-refractivity contribution in [2.75, 3.05) is 70.1 Å². The second-order valence-corrected chi connectivity index (χ2v) is 10.4. The lowest BCUT2D eigenvalue weighted by Crippen LogP contribution is -2.44. The zero-order valence-corrected chi connectivity index (χ0v) is 20.6. The third kappa shape index (κ3) is 9.51. The number of sulfonamides is 1. The van der Waals surface area contributed by atoms with Crippen molar-refractivity contribution in [3.63, 3.8) is 0 Å². The second-order valence-electron chi connectivity index (χ2n) is 7.13. The molecule has 2 fully saturated rings. The summed E-state index contributed by atoms with van der Waals surface area (Å²) >= 11 is 1.81. The van der Waals surface area contributed by atoms with E-state index in [0.717, 1.165) is 36.9 Å². The van der Waals surface area contributed by atoms with Gasteiger partial charge in [0, 0.05) is 44.7 Å². The van der Waals surface area contributed by atoms with Crippen molar-refractivity contribution < 1.29 is 8.42 Å². The van der Waals surface area contributed by atoms with Gasteiger partial charge in [-0.05, 0) is 44.8 Å². The summed E-state index contributed by atoms with van der Waals surface area (Å²) < 4.78 is 26.3. The smallest absolute Gasteiger partial charge is 0.215 e. The number of thioether (sulfide) groups is 1. The molecule has 2 aliphatic rings. The second kappa shape index (κ2) is 13.4. The van der Waals surface area contributed by atoms with Gasteiger partial charge in [0.1, 0.15) is 0 Å². The fourth-order valence-corrected chi connectivity index (χ4v) is 5.76. The zero-order chi connectivity index (χ0) is 18.8. The van der Waals surface area contributed by atoms with Gasteiger partial charge >= 0.3 is 0 Å². The normalized spacial score (nSPS) is 20.9. The van der Waals surface area contributed by atoms with E-state index >= 15 is 0 Å². The molecule has 2 rings (SSSR count). The molecule has 0 aromatic carbocycles. The summed E-state index contributed by atoms with van der Waals surface area (Å²) in [4.78, 5) is 6.71. The Morgan fingerprint density at radius 2 is 1.74 bits per heavy atom.